The number of carbonyl (C=O) groups excluding carboxylic acids is 1. The predicted octanol–water partition coefficient (Wildman–Crippen LogP) is 2.60. The Kier molecular flexibility index (Phi) is 3.60. The van der Waals surface area contributed by atoms with Crippen LogP contribution in [0.25, 0.3) is 0 Å². The van der Waals surface area contributed by atoms with Crippen molar-refractivity contribution in [2.45, 2.75) is 57.5 Å². The molecule has 1 saturated heterocycles. The van der Waals surface area contributed by atoms with E-state index in [0.29, 0.717) is 12.5 Å². The highest BCUT2D eigenvalue weighted by molar-refractivity contribution is 5.89. The third kappa shape index (κ3) is 2.27. The van der Waals surface area contributed by atoms with Crippen LogP contribution in [0.4, 0.5) is 0 Å². The van der Waals surface area contributed by atoms with Gasteiger partial charge in [0.25, 0.3) is 0 Å². The molecule has 2 aliphatic rings. The monoisotopic (exact) mass is 221 g/mol. The molecule has 2 atom stereocenters. The molecule has 0 aromatic carbocycles. The molecule has 0 aromatic heterocycles. The Labute approximate surface area is 96.8 Å². The summed E-state index contributed by atoms with van der Waals surface area (Å²) in [5.41, 5.74) is -0.640. The molecule has 0 amide bonds. The summed E-state index contributed by atoms with van der Waals surface area (Å²) in [7, 11) is 0. The normalized spacial score (nSPS) is 34.2. The van der Waals surface area contributed by atoms with Gasteiger partial charge in [0.05, 0.1) is 12.2 Å². The molecule has 16 heavy (non-hydrogen) atoms. The first-order chi connectivity index (χ1) is 7.77. The molecule has 1 heterocycles. The quantitative estimate of drug-likeness (QED) is 0.733. The van der Waals surface area contributed by atoms with Crippen molar-refractivity contribution < 1.29 is 9.53 Å². The highest BCUT2D eigenvalue weighted by atomic mass is 16.5. The van der Waals surface area contributed by atoms with Crippen molar-refractivity contribution >= 4 is 5.78 Å². The summed E-state index contributed by atoms with van der Waals surface area (Å²) in [5.74, 6) is 0.169. The Bertz CT molecular complexity index is 302. The Balaban J connectivity index is 1.79. The molecular formula is C13H19NO2. The lowest BCUT2D eigenvalue weighted by molar-refractivity contribution is -0.123. The van der Waals surface area contributed by atoms with Crippen molar-refractivity contribution in [2.24, 2.45) is 5.41 Å². The largest absolute Gasteiger partial charge is 0.378 e. The highest BCUT2D eigenvalue weighted by Gasteiger charge is 2.41. The maximum absolute atomic E-state index is 11.7. The highest BCUT2D eigenvalue weighted by Crippen LogP contribution is 2.39. The molecule has 2 rings (SSSR count). The summed E-state index contributed by atoms with van der Waals surface area (Å²) in [6.07, 6.45) is 7.66. The molecule has 88 valence electrons. The fourth-order valence-electron chi connectivity index (χ4n) is 2.87. The van der Waals surface area contributed by atoms with Crippen molar-refractivity contribution in [1.82, 2.24) is 0 Å². The zero-order valence-corrected chi connectivity index (χ0v) is 9.71. The lowest BCUT2D eigenvalue weighted by Gasteiger charge is -2.19. The minimum absolute atomic E-state index is 0.169. The van der Waals surface area contributed by atoms with Crippen LogP contribution in [0, 0.1) is 16.7 Å². The molecule has 2 unspecified atom stereocenters. The average molecular weight is 221 g/mol. The van der Waals surface area contributed by atoms with Gasteiger partial charge in [-0.2, -0.15) is 5.26 Å². The fraction of sp³-hybridized carbons (Fsp3) is 0.846. The summed E-state index contributed by atoms with van der Waals surface area (Å²) < 4.78 is 5.54. The van der Waals surface area contributed by atoms with Crippen LogP contribution < -0.4 is 0 Å². The maximum Gasteiger partial charge on any atom is 0.153 e. The van der Waals surface area contributed by atoms with Crippen LogP contribution in [0.3, 0.4) is 0 Å². The van der Waals surface area contributed by atoms with Gasteiger partial charge in [0, 0.05) is 13.0 Å². The van der Waals surface area contributed by atoms with Crippen molar-refractivity contribution in [3.8, 4) is 6.07 Å². The molecular weight excluding hydrogens is 202 g/mol. The van der Waals surface area contributed by atoms with Crippen LogP contribution in [0.2, 0.25) is 0 Å². The van der Waals surface area contributed by atoms with Crippen LogP contribution >= 0.6 is 0 Å². The second-order valence-electron chi connectivity index (χ2n) is 5.00. The van der Waals surface area contributed by atoms with E-state index in [9.17, 15) is 10.1 Å². The van der Waals surface area contributed by atoms with Crippen LogP contribution in [0.1, 0.15) is 51.4 Å². The minimum Gasteiger partial charge on any atom is -0.378 e. The second-order valence-corrected chi connectivity index (χ2v) is 5.00. The molecule has 0 bridgehead atoms. The van der Waals surface area contributed by atoms with Gasteiger partial charge in [-0.05, 0) is 44.9 Å². The van der Waals surface area contributed by atoms with Gasteiger partial charge >= 0.3 is 0 Å². The SMILES string of the molecule is N#CC1(CCCC2CCCO2)CCCC1=O. The topological polar surface area (TPSA) is 50.1 Å². The molecule has 1 saturated carbocycles. The summed E-state index contributed by atoms with van der Waals surface area (Å²) in [5, 5.41) is 9.18. The van der Waals surface area contributed by atoms with E-state index in [1.807, 2.05) is 0 Å². The number of hydrogen-bond donors (Lipinski definition) is 0. The van der Waals surface area contributed by atoms with Crippen molar-refractivity contribution in [3.05, 3.63) is 0 Å². The van der Waals surface area contributed by atoms with E-state index in [1.165, 1.54) is 0 Å². The summed E-state index contributed by atoms with van der Waals surface area (Å²) in [4.78, 5) is 11.7. The lowest BCUT2D eigenvalue weighted by atomic mass is 9.81. The van der Waals surface area contributed by atoms with E-state index in [0.717, 1.165) is 51.6 Å². The molecule has 0 aromatic rings. The fourth-order valence-corrected chi connectivity index (χ4v) is 2.87. The first-order valence-electron chi connectivity index (χ1n) is 6.33. The number of rotatable bonds is 4. The van der Waals surface area contributed by atoms with E-state index < -0.39 is 5.41 Å². The van der Waals surface area contributed by atoms with Gasteiger partial charge in [-0.3, -0.25) is 4.79 Å². The first-order valence-corrected chi connectivity index (χ1v) is 6.33. The van der Waals surface area contributed by atoms with Crippen LogP contribution in [-0.4, -0.2) is 18.5 Å². The van der Waals surface area contributed by atoms with Crippen molar-refractivity contribution in [2.75, 3.05) is 6.61 Å². The van der Waals surface area contributed by atoms with Crippen molar-refractivity contribution in [1.29, 1.82) is 5.26 Å². The van der Waals surface area contributed by atoms with Crippen molar-refractivity contribution in [3.63, 3.8) is 0 Å². The Morgan fingerprint density at radius 2 is 2.38 bits per heavy atom. The van der Waals surface area contributed by atoms with Gasteiger partial charge in [-0.15, -0.1) is 0 Å². The number of Topliss-reactive ketones (excluding diaryl/α,β-unsaturated/α-hetero) is 1. The molecule has 3 nitrogen and oxygen atoms in total. The molecule has 2 fully saturated rings. The molecule has 1 aliphatic heterocycles. The van der Waals surface area contributed by atoms with E-state index >= 15 is 0 Å². The van der Waals surface area contributed by atoms with Gasteiger partial charge < -0.3 is 4.74 Å². The average Bonchev–Trinajstić information content (AvgIpc) is 2.90. The zero-order valence-electron chi connectivity index (χ0n) is 9.71. The van der Waals surface area contributed by atoms with Crippen LogP contribution in [0.15, 0.2) is 0 Å². The smallest absolute Gasteiger partial charge is 0.153 e. The molecule has 3 heteroatoms. The molecule has 0 spiro atoms. The van der Waals surface area contributed by atoms with Crippen LogP contribution in [0.5, 0.6) is 0 Å². The minimum atomic E-state index is -0.640. The standard InChI is InChI=1S/C13H19NO2/c14-10-13(8-2-6-12(13)15)7-1-4-11-5-3-9-16-11/h11H,1-9H2. The number of nitriles is 1. The van der Waals surface area contributed by atoms with E-state index in [4.69, 9.17) is 4.74 Å². The third-order valence-electron chi connectivity index (χ3n) is 3.91. The Morgan fingerprint density at radius 3 is 2.94 bits per heavy atom. The van der Waals surface area contributed by atoms with E-state index in [2.05, 4.69) is 6.07 Å². The summed E-state index contributed by atoms with van der Waals surface area (Å²) in [6, 6.07) is 2.26. The van der Waals surface area contributed by atoms with Gasteiger partial charge in [-0.1, -0.05) is 0 Å². The van der Waals surface area contributed by atoms with E-state index in [1.54, 1.807) is 0 Å². The number of ether oxygens (including phenoxy) is 1. The van der Waals surface area contributed by atoms with E-state index in [-0.39, 0.29) is 5.78 Å². The number of carbonyl (C=O) groups is 1. The van der Waals surface area contributed by atoms with Gasteiger partial charge in [0.2, 0.25) is 0 Å². The zero-order chi connectivity index (χ0) is 11.4. The predicted molar refractivity (Wildman–Crippen MR) is 59.7 cm³/mol. The van der Waals surface area contributed by atoms with Crippen LogP contribution in [-0.2, 0) is 9.53 Å². The lowest BCUT2D eigenvalue weighted by Crippen LogP contribution is -2.24. The second kappa shape index (κ2) is 4.97. The molecule has 1 aliphatic carbocycles. The molecule has 0 radical (unpaired) electrons. The Morgan fingerprint density at radius 1 is 1.50 bits per heavy atom. The van der Waals surface area contributed by atoms with Gasteiger partial charge in [0.1, 0.15) is 5.41 Å². The summed E-state index contributed by atoms with van der Waals surface area (Å²) in [6.45, 7) is 0.882. The van der Waals surface area contributed by atoms with Gasteiger partial charge in [-0.25, -0.2) is 0 Å². The third-order valence-corrected chi connectivity index (χ3v) is 3.91. The number of hydrogen-bond acceptors (Lipinski definition) is 3. The first kappa shape index (κ1) is 11.6. The maximum atomic E-state index is 11.7. The number of ketones is 1. The van der Waals surface area contributed by atoms with Gasteiger partial charge in [0.15, 0.2) is 5.78 Å². The molecule has 0 N–H and O–H groups in total. The number of nitrogens with zero attached hydrogens (tertiary/aromatic N) is 1. The Hall–Kier alpha value is -0.880. The summed E-state index contributed by atoms with van der Waals surface area (Å²) >= 11 is 0.